The zero-order chi connectivity index (χ0) is 19.7. The normalized spacial score (nSPS) is 12.1. The quantitative estimate of drug-likeness (QED) is 0.599. The summed E-state index contributed by atoms with van der Waals surface area (Å²) < 4.78 is 67.3. The highest BCUT2D eigenvalue weighted by Crippen LogP contribution is 2.40. The Morgan fingerprint density at radius 2 is 1.67 bits per heavy atom. The summed E-state index contributed by atoms with van der Waals surface area (Å²) in [5.41, 5.74) is -1.28. The standard InChI is InChI=1S/C17H14F3N3O2S2/c1-26-12-9-7-11(8-10-12)14-15(17(18,19)20)21-22-16(14)23-27(24,25)13-5-3-2-4-6-13/h2-10H,1H3,(H2,21,22,23). The van der Waals surface area contributed by atoms with Gasteiger partial charge in [0, 0.05) is 4.90 Å². The lowest BCUT2D eigenvalue weighted by Crippen LogP contribution is -2.14. The van der Waals surface area contributed by atoms with Gasteiger partial charge < -0.3 is 0 Å². The number of aromatic nitrogens is 2. The number of hydrogen-bond acceptors (Lipinski definition) is 4. The van der Waals surface area contributed by atoms with E-state index in [0.717, 1.165) is 4.90 Å². The summed E-state index contributed by atoms with van der Waals surface area (Å²) in [6, 6.07) is 13.6. The molecule has 142 valence electrons. The fourth-order valence-electron chi connectivity index (χ4n) is 2.45. The molecule has 1 heterocycles. The molecule has 0 fully saturated rings. The number of nitrogens with one attached hydrogen (secondary N) is 2. The lowest BCUT2D eigenvalue weighted by Gasteiger charge is -2.11. The Morgan fingerprint density at radius 1 is 1.04 bits per heavy atom. The van der Waals surface area contributed by atoms with E-state index in [1.54, 1.807) is 18.2 Å². The number of H-pyrrole nitrogens is 1. The average molecular weight is 413 g/mol. The van der Waals surface area contributed by atoms with Crippen LogP contribution in [0.2, 0.25) is 0 Å². The van der Waals surface area contributed by atoms with Crippen molar-refractivity contribution in [1.29, 1.82) is 0 Å². The molecule has 3 aromatic rings. The molecule has 2 aromatic carbocycles. The number of rotatable bonds is 5. The Balaban J connectivity index is 2.09. The number of benzene rings is 2. The van der Waals surface area contributed by atoms with Crippen LogP contribution < -0.4 is 4.72 Å². The van der Waals surface area contributed by atoms with E-state index in [9.17, 15) is 21.6 Å². The monoisotopic (exact) mass is 413 g/mol. The van der Waals surface area contributed by atoms with Gasteiger partial charge in [-0.3, -0.25) is 9.82 Å². The molecule has 3 rings (SSSR count). The van der Waals surface area contributed by atoms with Crippen LogP contribution in [-0.2, 0) is 16.2 Å². The van der Waals surface area contributed by atoms with Crippen molar-refractivity contribution in [3.63, 3.8) is 0 Å². The molecule has 0 bridgehead atoms. The molecule has 0 radical (unpaired) electrons. The molecule has 1 aromatic heterocycles. The van der Waals surface area contributed by atoms with Gasteiger partial charge in [-0.1, -0.05) is 30.3 Å². The first-order valence-electron chi connectivity index (χ1n) is 7.60. The van der Waals surface area contributed by atoms with Crippen LogP contribution in [-0.4, -0.2) is 24.9 Å². The third-order valence-electron chi connectivity index (χ3n) is 3.71. The van der Waals surface area contributed by atoms with Crippen LogP contribution in [0.15, 0.2) is 64.4 Å². The first-order valence-corrected chi connectivity index (χ1v) is 10.3. The molecule has 0 aliphatic heterocycles. The Morgan fingerprint density at radius 3 is 2.22 bits per heavy atom. The van der Waals surface area contributed by atoms with Crippen molar-refractivity contribution in [3.8, 4) is 11.1 Å². The summed E-state index contributed by atoms with van der Waals surface area (Å²) in [5.74, 6) is -0.414. The van der Waals surface area contributed by atoms with Gasteiger partial charge in [-0.15, -0.1) is 11.8 Å². The van der Waals surface area contributed by atoms with Gasteiger partial charge in [0.15, 0.2) is 5.82 Å². The minimum absolute atomic E-state index is 0.0785. The second kappa shape index (κ2) is 7.28. The first kappa shape index (κ1) is 19.3. The Kier molecular flexibility index (Phi) is 5.20. The molecular weight excluding hydrogens is 399 g/mol. The zero-order valence-electron chi connectivity index (χ0n) is 13.9. The zero-order valence-corrected chi connectivity index (χ0v) is 15.5. The third kappa shape index (κ3) is 4.11. The van der Waals surface area contributed by atoms with Crippen LogP contribution in [0.25, 0.3) is 11.1 Å². The van der Waals surface area contributed by atoms with Crippen molar-refractivity contribution in [1.82, 2.24) is 10.2 Å². The number of halogens is 3. The topological polar surface area (TPSA) is 74.8 Å². The Hall–Kier alpha value is -2.46. The Bertz CT molecular complexity index is 1030. The molecule has 0 saturated heterocycles. The molecule has 0 aliphatic rings. The highest BCUT2D eigenvalue weighted by atomic mass is 32.2. The number of nitrogens with zero attached hydrogens (tertiary/aromatic N) is 1. The maximum Gasteiger partial charge on any atom is 0.433 e. The summed E-state index contributed by atoms with van der Waals surface area (Å²) in [5, 5.41) is 5.48. The number of thioether (sulfide) groups is 1. The summed E-state index contributed by atoms with van der Waals surface area (Å²) in [6.07, 6.45) is -2.88. The predicted molar refractivity (Wildman–Crippen MR) is 98.1 cm³/mol. The fourth-order valence-corrected chi connectivity index (χ4v) is 3.89. The van der Waals surface area contributed by atoms with Gasteiger partial charge in [0.05, 0.1) is 10.5 Å². The van der Waals surface area contributed by atoms with Crippen molar-refractivity contribution in [2.45, 2.75) is 16.0 Å². The average Bonchev–Trinajstić information content (AvgIpc) is 3.06. The van der Waals surface area contributed by atoms with Crippen molar-refractivity contribution < 1.29 is 21.6 Å². The number of sulfonamides is 1. The van der Waals surface area contributed by atoms with Crippen molar-refractivity contribution in [2.75, 3.05) is 11.0 Å². The molecule has 10 heteroatoms. The SMILES string of the molecule is CSc1ccc(-c2c(NS(=O)(=O)c3ccccc3)n[nH]c2C(F)(F)F)cc1. The summed E-state index contributed by atoms with van der Waals surface area (Å²) in [6.45, 7) is 0. The van der Waals surface area contributed by atoms with E-state index in [1.807, 2.05) is 11.4 Å². The summed E-state index contributed by atoms with van der Waals surface area (Å²) in [4.78, 5) is 0.785. The molecule has 0 unspecified atom stereocenters. The van der Waals surface area contributed by atoms with Gasteiger partial charge in [-0.05, 0) is 36.1 Å². The van der Waals surface area contributed by atoms with Gasteiger partial charge in [-0.25, -0.2) is 8.42 Å². The van der Waals surface area contributed by atoms with Gasteiger partial charge in [-0.2, -0.15) is 18.3 Å². The van der Waals surface area contributed by atoms with Gasteiger partial charge in [0.25, 0.3) is 10.0 Å². The highest BCUT2D eigenvalue weighted by molar-refractivity contribution is 7.98. The second-order valence-electron chi connectivity index (χ2n) is 5.47. The predicted octanol–water partition coefficient (Wildman–Crippen LogP) is 4.62. The van der Waals surface area contributed by atoms with Crippen LogP contribution in [0.4, 0.5) is 19.0 Å². The van der Waals surface area contributed by atoms with E-state index >= 15 is 0 Å². The van der Waals surface area contributed by atoms with E-state index in [1.165, 1.54) is 48.2 Å². The molecule has 0 atom stereocenters. The molecule has 0 spiro atoms. The van der Waals surface area contributed by atoms with E-state index in [4.69, 9.17) is 0 Å². The maximum atomic E-state index is 13.4. The molecule has 5 nitrogen and oxygen atoms in total. The highest BCUT2D eigenvalue weighted by Gasteiger charge is 2.38. The Labute approximate surface area is 158 Å². The number of alkyl halides is 3. The maximum absolute atomic E-state index is 13.4. The van der Waals surface area contributed by atoms with E-state index in [2.05, 4.69) is 9.82 Å². The van der Waals surface area contributed by atoms with Crippen LogP contribution in [0.1, 0.15) is 5.69 Å². The molecule has 0 amide bonds. The molecule has 0 aliphatic carbocycles. The van der Waals surface area contributed by atoms with Crippen molar-refractivity contribution in [2.24, 2.45) is 0 Å². The van der Waals surface area contributed by atoms with Crippen LogP contribution in [0.3, 0.4) is 0 Å². The first-order chi connectivity index (χ1) is 12.7. The van der Waals surface area contributed by atoms with Crippen molar-refractivity contribution >= 4 is 27.6 Å². The van der Waals surface area contributed by atoms with Crippen LogP contribution in [0, 0.1) is 0 Å². The lowest BCUT2D eigenvalue weighted by molar-refractivity contribution is -0.140. The largest absolute Gasteiger partial charge is 0.433 e. The third-order valence-corrected chi connectivity index (χ3v) is 5.81. The van der Waals surface area contributed by atoms with Gasteiger partial charge in [0.2, 0.25) is 0 Å². The van der Waals surface area contributed by atoms with Gasteiger partial charge >= 0.3 is 6.18 Å². The van der Waals surface area contributed by atoms with E-state index in [0.29, 0.717) is 0 Å². The smallest absolute Gasteiger partial charge is 0.271 e. The molecule has 0 saturated carbocycles. The van der Waals surface area contributed by atoms with Crippen molar-refractivity contribution in [3.05, 3.63) is 60.3 Å². The van der Waals surface area contributed by atoms with Crippen LogP contribution >= 0.6 is 11.8 Å². The fraction of sp³-hybridized carbons (Fsp3) is 0.118. The molecular formula is C17H14F3N3O2S2. The van der Waals surface area contributed by atoms with E-state index in [-0.39, 0.29) is 16.0 Å². The van der Waals surface area contributed by atoms with Crippen LogP contribution in [0.5, 0.6) is 0 Å². The minimum Gasteiger partial charge on any atom is -0.271 e. The number of hydrogen-bond donors (Lipinski definition) is 2. The minimum atomic E-state index is -4.73. The van der Waals surface area contributed by atoms with Gasteiger partial charge in [0.1, 0.15) is 5.69 Å². The summed E-state index contributed by atoms with van der Waals surface area (Å²) in [7, 11) is -4.09. The number of anilines is 1. The number of aromatic amines is 1. The summed E-state index contributed by atoms with van der Waals surface area (Å²) >= 11 is 1.44. The molecule has 27 heavy (non-hydrogen) atoms. The molecule has 2 N–H and O–H groups in total. The lowest BCUT2D eigenvalue weighted by atomic mass is 10.1. The van der Waals surface area contributed by atoms with E-state index < -0.39 is 27.7 Å². The second-order valence-corrected chi connectivity index (χ2v) is 8.03.